The molecule has 3 aromatic carbocycles. The maximum absolute atomic E-state index is 13.5. The number of carbonyl (C=O) groups is 6. The third-order valence-corrected chi connectivity index (χ3v) is 16.4. The van der Waals surface area contributed by atoms with Gasteiger partial charge in [0.25, 0.3) is 17.7 Å². The van der Waals surface area contributed by atoms with E-state index >= 15 is 0 Å². The van der Waals surface area contributed by atoms with Crippen molar-refractivity contribution in [3.05, 3.63) is 124 Å². The van der Waals surface area contributed by atoms with E-state index in [-0.39, 0.29) is 108 Å². The molecule has 3 aliphatic rings. The van der Waals surface area contributed by atoms with Crippen LogP contribution in [0.25, 0.3) is 0 Å². The molecule has 6 atom stereocenters. The number of benzene rings is 3. The van der Waals surface area contributed by atoms with Crippen LogP contribution in [0.2, 0.25) is 15.1 Å². The molecule has 18 nitrogen and oxygen atoms in total. The number of pyridine rings is 3. The lowest BCUT2D eigenvalue weighted by molar-refractivity contribution is -0.135. The first-order valence-corrected chi connectivity index (χ1v) is 32.2. The first kappa shape index (κ1) is 81.9. The molecular formula is C71H89Cl6N9O9. The van der Waals surface area contributed by atoms with E-state index in [1.165, 1.54) is 0 Å². The van der Waals surface area contributed by atoms with Gasteiger partial charge in [0, 0.05) is 32.8 Å². The highest BCUT2D eigenvalue weighted by Gasteiger charge is 2.49. The Morgan fingerprint density at radius 2 is 0.663 bits per heavy atom. The van der Waals surface area contributed by atoms with Crippen molar-refractivity contribution >= 4 is 159 Å². The zero-order valence-electron chi connectivity index (χ0n) is 56.5. The van der Waals surface area contributed by atoms with Crippen molar-refractivity contribution in [1.29, 1.82) is 0 Å². The molecule has 9 rings (SSSR count). The topological polar surface area (TPSA) is 215 Å². The molecule has 3 aliphatic heterocycles. The summed E-state index contributed by atoms with van der Waals surface area (Å²) in [7, 11) is 0. The van der Waals surface area contributed by atoms with E-state index in [1.54, 1.807) is 126 Å². The van der Waals surface area contributed by atoms with Crippen molar-refractivity contribution < 1.29 is 43.0 Å². The summed E-state index contributed by atoms with van der Waals surface area (Å²) >= 11 is 18.6. The summed E-state index contributed by atoms with van der Waals surface area (Å²) in [5.41, 5.74) is 0.224. The van der Waals surface area contributed by atoms with Crippen LogP contribution in [0.15, 0.2) is 109 Å². The largest absolute Gasteiger partial charge is 0.460 e. The van der Waals surface area contributed by atoms with Gasteiger partial charge in [0.05, 0.1) is 17.1 Å². The molecule has 0 fully saturated rings. The predicted molar refractivity (Wildman–Crippen MR) is 390 cm³/mol. The number of hydrogen-bond donors (Lipinski definition) is 3. The maximum atomic E-state index is 13.5. The molecule has 3 aromatic heterocycles. The van der Waals surface area contributed by atoms with Gasteiger partial charge >= 0.3 is 0 Å². The Labute approximate surface area is 593 Å². The third kappa shape index (κ3) is 20.1. The zero-order valence-corrected chi connectivity index (χ0v) is 61.2. The minimum Gasteiger partial charge on any atom is -0.460 e. The van der Waals surface area contributed by atoms with Crippen LogP contribution in [0.3, 0.4) is 0 Å². The molecule has 6 amide bonds. The smallest absolute Gasteiger partial charge is 0.275 e. The Hall–Kier alpha value is -7.37. The Kier molecular flexibility index (Phi) is 30.7. The highest BCUT2D eigenvalue weighted by atomic mass is 35.5. The fourth-order valence-electron chi connectivity index (χ4n) is 10.7. The van der Waals surface area contributed by atoms with Crippen molar-refractivity contribution in [3.8, 4) is 30.5 Å². The predicted octanol–water partition coefficient (Wildman–Crippen LogP) is 18.3. The lowest BCUT2D eigenvalue weighted by Gasteiger charge is -2.40. The molecular weight excluding hydrogens is 1340 g/mol. The summed E-state index contributed by atoms with van der Waals surface area (Å²) < 4.78 is 18.4. The second-order valence-corrected chi connectivity index (χ2v) is 26.4. The maximum Gasteiger partial charge on any atom is 0.275 e. The molecule has 3 N–H and O–H groups in total. The number of halogens is 6. The van der Waals surface area contributed by atoms with E-state index in [0.717, 1.165) is 19.3 Å². The fourth-order valence-corrected chi connectivity index (χ4v) is 11.2. The van der Waals surface area contributed by atoms with E-state index < -0.39 is 16.8 Å². The summed E-state index contributed by atoms with van der Waals surface area (Å²) in [5.74, 6) is 1.58. The Balaban J connectivity index is 0.000000361. The number of nitrogens with one attached hydrogen (secondary N) is 3. The second kappa shape index (κ2) is 35.6. The number of terminal acetylenes is 1. The Morgan fingerprint density at radius 3 is 0.863 bits per heavy atom. The van der Waals surface area contributed by atoms with E-state index in [2.05, 4.69) is 43.7 Å². The second-order valence-electron chi connectivity index (χ2n) is 25.1. The van der Waals surface area contributed by atoms with Crippen LogP contribution in [0, 0.1) is 48.4 Å². The molecule has 6 heterocycles. The quantitative estimate of drug-likeness (QED) is 0.0686. The molecule has 0 saturated carbocycles. The molecule has 0 radical (unpaired) electrons. The van der Waals surface area contributed by atoms with Gasteiger partial charge in [-0.3, -0.25) is 43.5 Å². The average Bonchev–Trinajstić information content (AvgIpc) is 0.764. The van der Waals surface area contributed by atoms with Gasteiger partial charge in [-0.05, 0) is 168 Å². The van der Waals surface area contributed by atoms with E-state index in [4.69, 9.17) is 49.0 Å². The van der Waals surface area contributed by atoms with Crippen molar-refractivity contribution in [2.45, 2.75) is 159 Å². The van der Waals surface area contributed by atoms with Gasteiger partial charge < -0.3 is 30.2 Å². The fraction of sp³-hybridized carbons (Fsp3) is 0.423. The van der Waals surface area contributed by atoms with Gasteiger partial charge in [-0.15, -0.1) is 50.1 Å². The van der Waals surface area contributed by atoms with E-state index in [0.29, 0.717) is 104 Å². The number of ether oxygens (including phenoxy) is 3. The van der Waals surface area contributed by atoms with Crippen molar-refractivity contribution in [1.82, 2.24) is 15.0 Å². The third-order valence-electron chi connectivity index (χ3n) is 15.7. The van der Waals surface area contributed by atoms with Crippen molar-refractivity contribution in [3.63, 3.8) is 0 Å². The number of hydrogen-bond acceptors (Lipinski definition) is 12. The number of anilines is 9. The van der Waals surface area contributed by atoms with Gasteiger partial charge in [0.2, 0.25) is 35.4 Å². The number of nitrogens with zero attached hydrogens (tertiary/aromatic N) is 6. The minimum atomic E-state index is -1.09. The van der Waals surface area contributed by atoms with Crippen LogP contribution in [0.1, 0.15) is 142 Å². The Bertz CT molecular complexity index is 3320. The molecule has 514 valence electrons. The van der Waals surface area contributed by atoms with E-state index in [9.17, 15) is 28.8 Å². The molecule has 0 saturated heterocycles. The standard InChI is InChI=1S/3C23H28ClN3O3.C2H2.3ClH/c3*1-6-15(4)20(28)25-19-11-10-18-21(26-19)30-23(5,13-14(2)3)22(29)27(18)17-9-7-8-16(24)12-17;1-2;;;/h3*7-12,14-15H,6,13H2,1-5H3,(H,25,26,28);1-2H;3*1H/t15-,23?;15-,23+;15-,23-;;;;/m111..../s1. The van der Waals surface area contributed by atoms with Gasteiger partial charge in [-0.1, -0.05) is 136 Å². The highest BCUT2D eigenvalue weighted by Crippen LogP contribution is 2.47. The number of amides is 6. The minimum absolute atomic E-state index is 0. The van der Waals surface area contributed by atoms with Crippen LogP contribution < -0.4 is 44.9 Å². The van der Waals surface area contributed by atoms with Crippen LogP contribution >= 0.6 is 72.0 Å². The summed E-state index contributed by atoms with van der Waals surface area (Å²) in [5, 5.41) is 10.1. The zero-order chi connectivity index (χ0) is 68.2. The van der Waals surface area contributed by atoms with Crippen LogP contribution in [0.5, 0.6) is 17.6 Å². The first-order valence-electron chi connectivity index (χ1n) is 31.1. The van der Waals surface area contributed by atoms with Crippen LogP contribution in [-0.2, 0) is 28.8 Å². The molecule has 24 heteroatoms. The lowest BCUT2D eigenvalue weighted by Crippen LogP contribution is -2.53. The normalized spacial score (nSPS) is 18.3. The number of rotatable bonds is 18. The number of fused-ring (bicyclic) bond motifs is 3. The monoisotopic (exact) mass is 1420 g/mol. The molecule has 95 heavy (non-hydrogen) atoms. The lowest BCUT2D eigenvalue weighted by atomic mass is 9.91. The molecule has 0 spiro atoms. The summed E-state index contributed by atoms with van der Waals surface area (Å²) in [6.45, 7) is 29.0. The van der Waals surface area contributed by atoms with Crippen LogP contribution in [0.4, 0.5) is 51.6 Å². The highest BCUT2D eigenvalue weighted by molar-refractivity contribution is 6.32. The molecule has 6 aromatic rings. The Morgan fingerprint density at radius 1 is 0.432 bits per heavy atom. The first-order chi connectivity index (χ1) is 43.4. The van der Waals surface area contributed by atoms with E-state index in [1.807, 2.05) is 101 Å². The van der Waals surface area contributed by atoms with Gasteiger partial charge in [-0.25, -0.2) is 0 Å². The SMILES string of the molecule is C#C.CC[C@@H](C)C(=O)Nc1ccc2c(n1)OC(C)(CC(C)C)C(=O)N2c1cccc(Cl)c1.CC[C@@H](C)C(=O)Nc1ccc2c(n1)O[C@@](C)(CC(C)C)C(=O)N2c1cccc(Cl)c1.CC[C@@H](C)C(=O)Nc1ccc2c(n1)O[C@](C)(CC(C)C)C(=O)N2c1cccc(Cl)c1.Cl.Cl.Cl. The van der Waals surface area contributed by atoms with Gasteiger partial charge in [0.15, 0.2) is 16.8 Å². The summed E-state index contributed by atoms with van der Waals surface area (Å²) in [4.78, 5) is 95.8. The molecule has 0 aliphatic carbocycles. The average molecular weight is 1430 g/mol. The van der Waals surface area contributed by atoms with Crippen LogP contribution in [-0.4, -0.2) is 67.2 Å². The van der Waals surface area contributed by atoms with Crippen molar-refractivity contribution in [2.24, 2.45) is 35.5 Å². The molecule has 0 bridgehead atoms. The number of aromatic nitrogens is 3. The van der Waals surface area contributed by atoms with Gasteiger partial charge in [0.1, 0.15) is 34.5 Å². The summed E-state index contributed by atoms with van der Waals surface area (Å²) in [6, 6.07) is 31.6. The summed E-state index contributed by atoms with van der Waals surface area (Å²) in [6.07, 6.45) is 11.8. The molecule has 1 unspecified atom stereocenters. The van der Waals surface area contributed by atoms with Gasteiger partial charge in [-0.2, -0.15) is 15.0 Å². The van der Waals surface area contributed by atoms with Crippen molar-refractivity contribution in [2.75, 3.05) is 30.7 Å². The number of carbonyl (C=O) groups excluding carboxylic acids is 6.